The van der Waals surface area contributed by atoms with Crippen LogP contribution in [0, 0.1) is 41.0 Å². The van der Waals surface area contributed by atoms with Crippen molar-refractivity contribution in [3.8, 4) is 28.0 Å². The molecule has 0 heterocycles. The highest BCUT2D eigenvalue weighted by Gasteiger charge is 2.29. The van der Waals surface area contributed by atoms with E-state index in [0.717, 1.165) is 56.4 Å². The van der Waals surface area contributed by atoms with Gasteiger partial charge in [0.1, 0.15) is 0 Å². The fraction of sp³-hybridized carbons (Fsp3) is 0.436. The normalized spacial score (nSPS) is 20.6. The maximum absolute atomic E-state index is 15.4. The van der Waals surface area contributed by atoms with Crippen molar-refractivity contribution in [1.29, 1.82) is 0 Å². The molecule has 2 aliphatic rings. The maximum Gasteiger partial charge on any atom is 0.201 e. The third-order valence-electron chi connectivity index (χ3n) is 9.64. The van der Waals surface area contributed by atoms with Gasteiger partial charge in [0, 0.05) is 16.7 Å². The van der Waals surface area contributed by atoms with E-state index >= 15 is 8.78 Å². The monoisotopic (exact) mass is 604 g/mol. The predicted molar refractivity (Wildman–Crippen MR) is 172 cm³/mol. The van der Waals surface area contributed by atoms with E-state index in [0.29, 0.717) is 35.1 Å². The number of allylic oxidation sites excluding steroid dienone is 4. The Morgan fingerprint density at radius 3 is 1.91 bits per heavy atom. The van der Waals surface area contributed by atoms with E-state index in [4.69, 9.17) is 4.74 Å². The Hall–Kier alpha value is -3.34. The first-order valence-corrected chi connectivity index (χ1v) is 16.4. The van der Waals surface area contributed by atoms with E-state index in [2.05, 4.69) is 32.1 Å². The Morgan fingerprint density at radius 2 is 1.30 bits per heavy atom. The van der Waals surface area contributed by atoms with Crippen LogP contribution in [0.4, 0.5) is 17.6 Å². The van der Waals surface area contributed by atoms with Gasteiger partial charge in [-0.3, -0.25) is 0 Å². The number of halogens is 4. The highest BCUT2D eigenvalue weighted by atomic mass is 19.2. The summed E-state index contributed by atoms with van der Waals surface area (Å²) in [5, 5.41) is 0. The summed E-state index contributed by atoms with van der Waals surface area (Å²) in [6, 6.07) is 12.6. The lowest BCUT2D eigenvalue weighted by molar-refractivity contribution is 0.212. The highest BCUT2D eigenvalue weighted by Crippen LogP contribution is 2.42. The van der Waals surface area contributed by atoms with Gasteiger partial charge in [0.2, 0.25) is 5.82 Å². The fourth-order valence-corrected chi connectivity index (χ4v) is 7.04. The van der Waals surface area contributed by atoms with E-state index in [1.54, 1.807) is 36.4 Å². The van der Waals surface area contributed by atoms with Crippen molar-refractivity contribution in [3.63, 3.8) is 0 Å². The lowest BCUT2D eigenvalue weighted by atomic mass is 9.71. The molecular weight excluding hydrogens is 560 g/mol. The number of rotatable bonds is 11. The van der Waals surface area contributed by atoms with Gasteiger partial charge in [-0.05, 0) is 105 Å². The minimum Gasteiger partial charge on any atom is -0.490 e. The molecule has 1 saturated carbocycles. The first-order chi connectivity index (χ1) is 21.4. The Bertz CT molecular complexity index is 1460. The van der Waals surface area contributed by atoms with Gasteiger partial charge in [0.05, 0.1) is 6.61 Å². The number of unbranched alkanes of at least 4 members (excludes halogenated alkanes) is 3. The average molecular weight is 605 g/mol. The molecule has 0 aliphatic heterocycles. The first kappa shape index (κ1) is 32.1. The van der Waals surface area contributed by atoms with Gasteiger partial charge in [-0.25, -0.2) is 13.2 Å². The van der Waals surface area contributed by atoms with Crippen LogP contribution in [-0.2, 0) is 0 Å². The summed E-state index contributed by atoms with van der Waals surface area (Å²) in [5.74, 6) is -1.79. The third kappa shape index (κ3) is 7.30. The van der Waals surface area contributed by atoms with Crippen LogP contribution in [0.1, 0.15) is 90.0 Å². The van der Waals surface area contributed by atoms with Crippen LogP contribution < -0.4 is 4.74 Å². The molecule has 234 valence electrons. The standard InChI is InChI=1S/C39H44F4O/c1-3-5-6-7-25-44-35-24-23-34(38(42)39(35)43)31-19-17-30(18-20-31)33-22-21-32(36(40)37(33)41)29-15-13-28(14-16-29)27-11-9-26(8-4-2)10-12-27/h4,8,15,17-24,26-28H,3,5-7,9-14,16,25H2,1-2H3. The second-order valence-corrected chi connectivity index (χ2v) is 12.5. The SMILES string of the molecule is CC=CC1CCC(C2CC=C(c3ccc(-c4ccc(-c5ccc(OCCCCCC)c(F)c5F)cc4)c(F)c3F)CC2)CC1. The summed E-state index contributed by atoms with van der Waals surface area (Å²) in [7, 11) is 0. The Labute approximate surface area is 260 Å². The van der Waals surface area contributed by atoms with E-state index in [1.807, 2.05) is 0 Å². The molecule has 3 aromatic rings. The van der Waals surface area contributed by atoms with E-state index in [1.165, 1.54) is 37.8 Å². The predicted octanol–water partition coefficient (Wildman–Crippen LogP) is 12.1. The van der Waals surface area contributed by atoms with Crippen LogP contribution in [-0.4, -0.2) is 6.61 Å². The van der Waals surface area contributed by atoms with Crippen LogP contribution in [0.15, 0.2) is 66.8 Å². The van der Waals surface area contributed by atoms with Gasteiger partial charge < -0.3 is 4.74 Å². The van der Waals surface area contributed by atoms with Crippen molar-refractivity contribution in [1.82, 2.24) is 0 Å². The van der Waals surface area contributed by atoms with E-state index in [-0.39, 0.29) is 16.9 Å². The topological polar surface area (TPSA) is 9.23 Å². The summed E-state index contributed by atoms with van der Waals surface area (Å²) < 4.78 is 65.9. The molecule has 3 aromatic carbocycles. The molecule has 0 radical (unpaired) electrons. The van der Waals surface area contributed by atoms with Crippen molar-refractivity contribution in [2.24, 2.45) is 17.8 Å². The zero-order valence-electron chi connectivity index (χ0n) is 26.0. The molecule has 2 aliphatic carbocycles. The number of benzene rings is 3. The average Bonchev–Trinajstić information content (AvgIpc) is 3.05. The van der Waals surface area contributed by atoms with Crippen molar-refractivity contribution in [2.45, 2.75) is 84.5 Å². The molecule has 0 aromatic heterocycles. The minimum absolute atomic E-state index is 0.0859. The van der Waals surface area contributed by atoms with Gasteiger partial charge in [0.25, 0.3) is 0 Å². The lowest BCUT2D eigenvalue weighted by Crippen LogP contribution is -2.22. The molecule has 1 atom stereocenters. The van der Waals surface area contributed by atoms with Gasteiger partial charge in [-0.2, -0.15) is 4.39 Å². The zero-order chi connectivity index (χ0) is 31.1. The van der Waals surface area contributed by atoms with Crippen molar-refractivity contribution in [3.05, 3.63) is 95.6 Å². The molecule has 0 N–H and O–H groups in total. The van der Waals surface area contributed by atoms with Crippen LogP contribution in [0.2, 0.25) is 0 Å². The molecule has 1 nitrogen and oxygen atoms in total. The number of hydrogen-bond donors (Lipinski definition) is 0. The summed E-state index contributed by atoms with van der Waals surface area (Å²) in [5.41, 5.74) is 2.35. The number of hydrogen-bond acceptors (Lipinski definition) is 1. The van der Waals surface area contributed by atoms with Gasteiger partial charge >= 0.3 is 0 Å². The molecule has 0 amide bonds. The highest BCUT2D eigenvalue weighted by molar-refractivity contribution is 5.74. The van der Waals surface area contributed by atoms with Crippen molar-refractivity contribution >= 4 is 5.57 Å². The van der Waals surface area contributed by atoms with E-state index in [9.17, 15) is 8.78 Å². The summed E-state index contributed by atoms with van der Waals surface area (Å²) in [4.78, 5) is 0. The van der Waals surface area contributed by atoms with Crippen LogP contribution in [0.25, 0.3) is 27.8 Å². The fourth-order valence-electron chi connectivity index (χ4n) is 7.04. The maximum atomic E-state index is 15.4. The van der Waals surface area contributed by atoms with Crippen LogP contribution in [0.3, 0.4) is 0 Å². The second-order valence-electron chi connectivity index (χ2n) is 12.5. The number of ether oxygens (including phenoxy) is 1. The smallest absolute Gasteiger partial charge is 0.201 e. The molecular formula is C39H44F4O. The quantitative estimate of drug-likeness (QED) is 0.120. The summed E-state index contributed by atoms with van der Waals surface area (Å²) >= 11 is 0. The van der Waals surface area contributed by atoms with Gasteiger partial charge in [-0.1, -0.05) is 80.8 Å². The van der Waals surface area contributed by atoms with Crippen LogP contribution >= 0.6 is 0 Å². The molecule has 1 unspecified atom stereocenters. The summed E-state index contributed by atoms with van der Waals surface area (Å²) in [6.07, 6.45) is 18.2. The largest absolute Gasteiger partial charge is 0.490 e. The first-order valence-electron chi connectivity index (χ1n) is 16.4. The van der Waals surface area contributed by atoms with Gasteiger partial charge in [0.15, 0.2) is 23.2 Å². The molecule has 0 bridgehead atoms. The minimum atomic E-state index is -1.02. The van der Waals surface area contributed by atoms with Crippen LogP contribution in [0.5, 0.6) is 5.75 Å². The Kier molecular flexibility index (Phi) is 11.0. The molecule has 5 heteroatoms. The van der Waals surface area contributed by atoms with Crippen molar-refractivity contribution < 1.29 is 22.3 Å². The molecule has 0 spiro atoms. The molecule has 5 rings (SSSR count). The van der Waals surface area contributed by atoms with Gasteiger partial charge in [-0.15, -0.1) is 0 Å². The van der Waals surface area contributed by atoms with Crippen molar-refractivity contribution in [2.75, 3.05) is 6.61 Å². The molecule has 44 heavy (non-hydrogen) atoms. The molecule has 1 fully saturated rings. The molecule has 0 saturated heterocycles. The summed E-state index contributed by atoms with van der Waals surface area (Å²) in [6.45, 7) is 4.53. The van der Waals surface area contributed by atoms with E-state index < -0.39 is 23.3 Å². The zero-order valence-corrected chi connectivity index (χ0v) is 26.0. The Balaban J connectivity index is 1.25. The third-order valence-corrected chi connectivity index (χ3v) is 9.64. The lowest BCUT2D eigenvalue weighted by Gasteiger charge is -2.35. The second kappa shape index (κ2) is 15.1. The Morgan fingerprint density at radius 1 is 0.682 bits per heavy atom.